The molecule has 0 aromatic heterocycles. The Kier molecular flexibility index (Phi) is 3.87. The maximum absolute atomic E-state index is 9.80. The molecule has 1 aliphatic heterocycles. The van der Waals surface area contributed by atoms with E-state index in [9.17, 15) is 5.11 Å². The molecular formula is C15H29N3O. The van der Waals surface area contributed by atoms with Crippen LogP contribution in [-0.4, -0.2) is 72.4 Å². The number of likely N-dealkylation sites (N-methyl/N-ethyl adjacent to an activating group) is 1. The lowest BCUT2D eigenvalue weighted by molar-refractivity contribution is 0.146. The third-order valence-corrected chi connectivity index (χ3v) is 5.41. The molecule has 110 valence electrons. The molecule has 0 aromatic carbocycles. The third-order valence-electron chi connectivity index (χ3n) is 5.41. The zero-order chi connectivity index (χ0) is 13.5. The number of aliphatic hydroxyl groups excluding tert-OH is 1. The van der Waals surface area contributed by atoms with Crippen LogP contribution >= 0.6 is 0 Å². The fourth-order valence-corrected chi connectivity index (χ4v) is 3.91. The Hall–Kier alpha value is -0.160. The fourth-order valence-electron chi connectivity index (χ4n) is 3.91. The second kappa shape index (κ2) is 5.32. The Morgan fingerprint density at radius 3 is 2.63 bits per heavy atom. The molecule has 1 heterocycles. The van der Waals surface area contributed by atoms with Crippen molar-refractivity contribution >= 4 is 0 Å². The topological polar surface area (TPSA) is 38.7 Å². The van der Waals surface area contributed by atoms with Gasteiger partial charge in [0.1, 0.15) is 0 Å². The molecule has 3 unspecified atom stereocenters. The number of rotatable bonds is 5. The number of nitrogens with zero attached hydrogens (tertiary/aromatic N) is 2. The van der Waals surface area contributed by atoms with Gasteiger partial charge < -0.3 is 15.3 Å². The Balaban J connectivity index is 1.56. The van der Waals surface area contributed by atoms with Gasteiger partial charge in [0.05, 0.1) is 6.61 Å². The zero-order valence-electron chi connectivity index (χ0n) is 12.4. The van der Waals surface area contributed by atoms with Crippen LogP contribution in [0.1, 0.15) is 38.5 Å². The molecular weight excluding hydrogens is 238 g/mol. The van der Waals surface area contributed by atoms with Gasteiger partial charge in [-0.1, -0.05) is 0 Å². The van der Waals surface area contributed by atoms with E-state index in [0.717, 1.165) is 18.9 Å². The summed E-state index contributed by atoms with van der Waals surface area (Å²) in [5, 5.41) is 13.5. The monoisotopic (exact) mass is 267 g/mol. The molecule has 2 aliphatic carbocycles. The van der Waals surface area contributed by atoms with Crippen molar-refractivity contribution in [2.24, 2.45) is 0 Å². The van der Waals surface area contributed by atoms with Crippen LogP contribution in [0, 0.1) is 0 Å². The largest absolute Gasteiger partial charge is 0.394 e. The second-order valence-corrected chi connectivity index (χ2v) is 7.15. The summed E-state index contributed by atoms with van der Waals surface area (Å²) >= 11 is 0. The first-order valence-corrected chi connectivity index (χ1v) is 7.91. The molecule has 1 saturated heterocycles. The maximum atomic E-state index is 9.80. The van der Waals surface area contributed by atoms with Crippen molar-refractivity contribution in [2.75, 3.05) is 33.8 Å². The highest BCUT2D eigenvalue weighted by molar-refractivity contribution is 5.04. The first-order chi connectivity index (χ1) is 9.12. The molecule has 0 spiro atoms. The molecule has 0 bridgehead atoms. The van der Waals surface area contributed by atoms with Gasteiger partial charge >= 0.3 is 0 Å². The molecule has 3 fully saturated rings. The van der Waals surface area contributed by atoms with Crippen LogP contribution in [0.4, 0.5) is 0 Å². The molecule has 3 aliphatic rings. The highest BCUT2D eigenvalue weighted by atomic mass is 16.3. The van der Waals surface area contributed by atoms with Crippen LogP contribution in [0.15, 0.2) is 0 Å². The van der Waals surface area contributed by atoms with Gasteiger partial charge in [-0.15, -0.1) is 0 Å². The number of aliphatic hydroxyl groups is 1. The van der Waals surface area contributed by atoms with Crippen LogP contribution < -0.4 is 5.32 Å². The van der Waals surface area contributed by atoms with Crippen LogP contribution in [0.2, 0.25) is 0 Å². The van der Waals surface area contributed by atoms with Gasteiger partial charge in [-0.25, -0.2) is 0 Å². The summed E-state index contributed by atoms with van der Waals surface area (Å²) in [5.41, 5.74) is 0.0298. The minimum absolute atomic E-state index is 0.0298. The Bertz CT molecular complexity index is 319. The lowest BCUT2D eigenvalue weighted by Gasteiger charge is -2.31. The van der Waals surface area contributed by atoms with E-state index in [2.05, 4.69) is 29.2 Å². The standard InChI is InChI=1S/C15H29N3O/c1-17(2)14-6-8-18(10-14)13-5-7-15(9-13,11-19)16-12-3-4-12/h12-14,16,19H,3-11H2,1-2H3. The highest BCUT2D eigenvalue weighted by Crippen LogP contribution is 2.37. The summed E-state index contributed by atoms with van der Waals surface area (Å²) in [5.74, 6) is 0. The molecule has 0 amide bonds. The van der Waals surface area contributed by atoms with Gasteiger partial charge in [-0.3, -0.25) is 4.90 Å². The summed E-state index contributed by atoms with van der Waals surface area (Å²) in [6.07, 6.45) is 7.44. The van der Waals surface area contributed by atoms with Gasteiger partial charge in [0.15, 0.2) is 0 Å². The lowest BCUT2D eigenvalue weighted by Crippen LogP contribution is -2.49. The number of hydrogen-bond acceptors (Lipinski definition) is 4. The molecule has 3 atom stereocenters. The molecule has 19 heavy (non-hydrogen) atoms. The Labute approximate surface area is 117 Å². The van der Waals surface area contributed by atoms with Gasteiger partial charge in [0.2, 0.25) is 0 Å². The second-order valence-electron chi connectivity index (χ2n) is 7.15. The van der Waals surface area contributed by atoms with E-state index in [0.29, 0.717) is 18.7 Å². The van der Waals surface area contributed by atoms with Gasteiger partial charge in [-0.05, 0) is 52.6 Å². The van der Waals surface area contributed by atoms with Crippen molar-refractivity contribution in [1.82, 2.24) is 15.1 Å². The van der Waals surface area contributed by atoms with E-state index in [1.807, 2.05) is 0 Å². The lowest BCUT2D eigenvalue weighted by atomic mass is 9.98. The molecule has 2 N–H and O–H groups in total. The zero-order valence-corrected chi connectivity index (χ0v) is 12.4. The van der Waals surface area contributed by atoms with Crippen LogP contribution in [0.25, 0.3) is 0 Å². The van der Waals surface area contributed by atoms with Crippen LogP contribution in [-0.2, 0) is 0 Å². The summed E-state index contributed by atoms with van der Waals surface area (Å²) in [4.78, 5) is 5.02. The normalized spacial score (nSPS) is 40.4. The third kappa shape index (κ3) is 2.97. The first kappa shape index (κ1) is 13.8. The first-order valence-electron chi connectivity index (χ1n) is 7.91. The summed E-state index contributed by atoms with van der Waals surface area (Å²) in [7, 11) is 4.38. The van der Waals surface area contributed by atoms with E-state index in [4.69, 9.17) is 0 Å². The van der Waals surface area contributed by atoms with Crippen molar-refractivity contribution in [1.29, 1.82) is 0 Å². The highest BCUT2D eigenvalue weighted by Gasteiger charge is 2.44. The predicted molar refractivity (Wildman–Crippen MR) is 77.3 cm³/mol. The Morgan fingerprint density at radius 1 is 1.26 bits per heavy atom. The maximum Gasteiger partial charge on any atom is 0.0614 e. The molecule has 0 radical (unpaired) electrons. The van der Waals surface area contributed by atoms with Crippen molar-refractivity contribution in [3.63, 3.8) is 0 Å². The number of hydrogen-bond donors (Lipinski definition) is 2. The van der Waals surface area contributed by atoms with E-state index in [1.165, 1.54) is 38.8 Å². The van der Waals surface area contributed by atoms with Crippen LogP contribution in [0.5, 0.6) is 0 Å². The van der Waals surface area contributed by atoms with Gasteiger partial charge in [0.25, 0.3) is 0 Å². The molecule has 3 rings (SSSR count). The molecule has 2 saturated carbocycles. The van der Waals surface area contributed by atoms with Gasteiger partial charge in [-0.2, -0.15) is 0 Å². The average Bonchev–Trinajstić information content (AvgIpc) is 2.93. The Morgan fingerprint density at radius 2 is 2.05 bits per heavy atom. The van der Waals surface area contributed by atoms with E-state index in [1.54, 1.807) is 0 Å². The number of likely N-dealkylation sites (tertiary alicyclic amines) is 1. The van der Waals surface area contributed by atoms with Crippen LogP contribution in [0.3, 0.4) is 0 Å². The number of nitrogens with one attached hydrogen (secondary N) is 1. The SMILES string of the molecule is CN(C)C1CCN(C2CCC(CO)(NC3CC3)C2)C1. The summed E-state index contributed by atoms with van der Waals surface area (Å²) < 4.78 is 0. The smallest absolute Gasteiger partial charge is 0.0614 e. The van der Waals surface area contributed by atoms with E-state index in [-0.39, 0.29) is 5.54 Å². The molecule has 4 heteroatoms. The summed E-state index contributed by atoms with van der Waals surface area (Å²) in [6, 6.07) is 2.10. The average molecular weight is 267 g/mol. The fraction of sp³-hybridized carbons (Fsp3) is 1.00. The minimum atomic E-state index is 0.0298. The molecule has 4 nitrogen and oxygen atoms in total. The van der Waals surface area contributed by atoms with Crippen molar-refractivity contribution in [2.45, 2.75) is 62.2 Å². The quantitative estimate of drug-likeness (QED) is 0.767. The van der Waals surface area contributed by atoms with Crippen molar-refractivity contribution in [3.05, 3.63) is 0 Å². The minimum Gasteiger partial charge on any atom is -0.394 e. The van der Waals surface area contributed by atoms with Crippen molar-refractivity contribution < 1.29 is 5.11 Å². The van der Waals surface area contributed by atoms with E-state index >= 15 is 0 Å². The summed E-state index contributed by atoms with van der Waals surface area (Å²) in [6.45, 7) is 2.76. The van der Waals surface area contributed by atoms with Crippen molar-refractivity contribution in [3.8, 4) is 0 Å². The predicted octanol–water partition coefficient (Wildman–Crippen LogP) is 0.658. The van der Waals surface area contributed by atoms with Gasteiger partial charge in [0, 0.05) is 36.8 Å². The van der Waals surface area contributed by atoms with E-state index < -0.39 is 0 Å². The molecule has 0 aromatic rings.